The Morgan fingerprint density at radius 1 is 1.10 bits per heavy atom. The highest BCUT2D eigenvalue weighted by Crippen LogP contribution is 2.42. The normalized spacial score (nSPS) is 16.2. The van der Waals surface area contributed by atoms with Crippen LogP contribution < -0.4 is 10.3 Å². The van der Waals surface area contributed by atoms with E-state index in [-0.39, 0.29) is 22.5 Å². The summed E-state index contributed by atoms with van der Waals surface area (Å²) in [6, 6.07) is 12.7. The summed E-state index contributed by atoms with van der Waals surface area (Å²) in [5.74, 6) is -0.267. The van der Waals surface area contributed by atoms with Crippen molar-refractivity contribution in [2.45, 2.75) is 32.2 Å². The van der Waals surface area contributed by atoms with Gasteiger partial charge in [-0.3, -0.25) is 14.5 Å². The molecule has 2 aromatic carbocycles. The number of carbonyl (C=O) groups is 1. The lowest BCUT2D eigenvalue weighted by Crippen LogP contribution is -2.29. The third kappa shape index (κ3) is 3.23. The molecule has 1 aliphatic heterocycles. The third-order valence-electron chi connectivity index (χ3n) is 5.55. The molecular weight excluding hydrogens is 476 g/mol. The van der Waals surface area contributed by atoms with Gasteiger partial charge in [0.2, 0.25) is 5.76 Å². The van der Waals surface area contributed by atoms with Gasteiger partial charge in [-0.2, -0.15) is 0 Å². The van der Waals surface area contributed by atoms with E-state index < -0.39 is 6.04 Å². The maximum absolute atomic E-state index is 13.6. The molecule has 0 N–H and O–H groups in total. The van der Waals surface area contributed by atoms with Crippen LogP contribution in [-0.2, 0) is 5.41 Å². The Kier molecular flexibility index (Phi) is 4.64. The molecule has 0 unspecified atom stereocenters. The first-order valence-corrected chi connectivity index (χ1v) is 11.5. The molecular formula is C24H19BrN2O3S. The predicted octanol–water partition coefficient (Wildman–Crippen LogP) is 6.06. The number of anilines is 1. The van der Waals surface area contributed by atoms with E-state index in [4.69, 9.17) is 4.42 Å². The second kappa shape index (κ2) is 7.14. The van der Waals surface area contributed by atoms with Crippen molar-refractivity contribution in [3.63, 3.8) is 0 Å². The molecule has 0 saturated heterocycles. The van der Waals surface area contributed by atoms with E-state index in [2.05, 4.69) is 53.8 Å². The highest BCUT2D eigenvalue weighted by Gasteiger charge is 2.44. The Morgan fingerprint density at radius 2 is 1.84 bits per heavy atom. The van der Waals surface area contributed by atoms with E-state index >= 15 is 0 Å². The van der Waals surface area contributed by atoms with Crippen molar-refractivity contribution in [1.82, 2.24) is 4.98 Å². The fourth-order valence-corrected chi connectivity index (χ4v) is 4.99. The van der Waals surface area contributed by atoms with Gasteiger partial charge in [0, 0.05) is 16.0 Å². The van der Waals surface area contributed by atoms with Crippen LogP contribution in [0.2, 0.25) is 0 Å². The van der Waals surface area contributed by atoms with E-state index in [0.717, 1.165) is 10.0 Å². The number of hydrogen-bond donors (Lipinski definition) is 0. The van der Waals surface area contributed by atoms with Crippen molar-refractivity contribution in [2.75, 3.05) is 4.90 Å². The van der Waals surface area contributed by atoms with Gasteiger partial charge in [0.1, 0.15) is 5.58 Å². The number of benzene rings is 2. The van der Waals surface area contributed by atoms with Crippen molar-refractivity contribution < 1.29 is 9.21 Å². The van der Waals surface area contributed by atoms with Crippen molar-refractivity contribution in [3.05, 3.63) is 91.2 Å². The second-order valence-corrected chi connectivity index (χ2v) is 10.4. The molecule has 5 nitrogen and oxygen atoms in total. The van der Waals surface area contributed by atoms with Gasteiger partial charge in [-0.1, -0.05) is 61.0 Å². The molecule has 0 radical (unpaired) electrons. The Balaban J connectivity index is 1.77. The summed E-state index contributed by atoms with van der Waals surface area (Å²) < 4.78 is 6.75. The summed E-state index contributed by atoms with van der Waals surface area (Å²) in [7, 11) is 0. The summed E-state index contributed by atoms with van der Waals surface area (Å²) in [4.78, 5) is 32.9. The lowest BCUT2D eigenvalue weighted by molar-refractivity contribution is 0.0971. The van der Waals surface area contributed by atoms with Crippen LogP contribution in [0.3, 0.4) is 0 Å². The number of thiazole rings is 1. The Hall–Kier alpha value is -2.77. The molecule has 2 aromatic heterocycles. The molecule has 0 saturated carbocycles. The maximum atomic E-state index is 13.6. The van der Waals surface area contributed by atoms with E-state index in [1.165, 1.54) is 16.9 Å². The lowest BCUT2D eigenvalue weighted by Gasteiger charge is -2.24. The van der Waals surface area contributed by atoms with E-state index in [0.29, 0.717) is 21.7 Å². The zero-order valence-electron chi connectivity index (χ0n) is 17.2. The van der Waals surface area contributed by atoms with Crippen molar-refractivity contribution in [1.29, 1.82) is 0 Å². The summed E-state index contributed by atoms with van der Waals surface area (Å²) in [5.41, 5.74) is 2.57. The molecule has 0 aliphatic carbocycles. The quantitative estimate of drug-likeness (QED) is 0.339. The van der Waals surface area contributed by atoms with Crippen LogP contribution in [0.15, 0.2) is 67.7 Å². The largest absolute Gasteiger partial charge is 0.450 e. The van der Waals surface area contributed by atoms with Gasteiger partial charge in [0.05, 0.1) is 17.0 Å². The highest BCUT2D eigenvalue weighted by atomic mass is 79.9. The van der Waals surface area contributed by atoms with Gasteiger partial charge in [0.25, 0.3) is 5.91 Å². The van der Waals surface area contributed by atoms with E-state index in [1.54, 1.807) is 29.3 Å². The minimum absolute atomic E-state index is 0.00155. The average molecular weight is 495 g/mol. The standard InChI is InChI=1S/C24H19BrN2O3S/c1-24(2,3)14-6-4-13(5-7-14)19-18-20(28)16-12-15(25)8-9-17(16)30-21(18)22(29)27(19)23-26-10-11-31-23/h4-12,19H,1-3H3/t19-/m1/s1. The van der Waals surface area contributed by atoms with Crippen molar-refractivity contribution >= 4 is 49.3 Å². The molecule has 156 valence electrons. The molecule has 0 bridgehead atoms. The number of rotatable bonds is 2. The zero-order chi connectivity index (χ0) is 21.9. The van der Waals surface area contributed by atoms with Gasteiger partial charge in [-0.15, -0.1) is 11.3 Å². The van der Waals surface area contributed by atoms with Crippen molar-refractivity contribution in [2.24, 2.45) is 0 Å². The number of fused-ring (bicyclic) bond motifs is 2. The first-order chi connectivity index (χ1) is 14.8. The highest BCUT2D eigenvalue weighted by molar-refractivity contribution is 9.10. The number of nitrogens with zero attached hydrogens (tertiary/aromatic N) is 2. The number of halogens is 1. The first-order valence-electron chi connectivity index (χ1n) is 9.85. The first kappa shape index (κ1) is 20.2. The molecule has 31 heavy (non-hydrogen) atoms. The van der Waals surface area contributed by atoms with Crippen LogP contribution in [0.25, 0.3) is 11.0 Å². The molecule has 4 aromatic rings. The molecule has 5 rings (SSSR count). The third-order valence-corrected chi connectivity index (χ3v) is 6.81. The summed E-state index contributed by atoms with van der Waals surface area (Å²) >= 11 is 4.78. The molecule has 0 spiro atoms. The average Bonchev–Trinajstić information content (AvgIpc) is 3.35. The number of amides is 1. The van der Waals surface area contributed by atoms with Crippen LogP contribution in [0.4, 0.5) is 5.13 Å². The van der Waals surface area contributed by atoms with E-state index in [9.17, 15) is 9.59 Å². The topological polar surface area (TPSA) is 63.4 Å². The van der Waals surface area contributed by atoms with Crippen LogP contribution in [-0.4, -0.2) is 10.9 Å². The lowest BCUT2D eigenvalue weighted by atomic mass is 9.86. The fourth-order valence-electron chi connectivity index (χ4n) is 3.96. The molecule has 7 heteroatoms. The number of aromatic nitrogens is 1. The Bertz CT molecular complexity index is 1370. The Labute approximate surface area is 191 Å². The van der Waals surface area contributed by atoms with Crippen LogP contribution in [0.5, 0.6) is 0 Å². The summed E-state index contributed by atoms with van der Waals surface area (Å²) in [5, 5.41) is 2.79. The predicted molar refractivity (Wildman–Crippen MR) is 126 cm³/mol. The molecule has 3 heterocycles. The van der Waals surface area contributed by atoms with Crippen LogP contribution in [0.1, 0.15) is 54.1 Å². The minimum atomic E-state index is -0.595. The number of carbonyl (C=O) groups excluding carboxylic acids is 1. The summed E-state index contributed by atoms with van der Waals surface area (Å²) in [6.07, 6.45) is 1.65. The Morgan fingerprint density at radius 3 is 2.48 bits per heavy atom. The molecule has 1 aliphatic rings. The van der Waals surface area contributed by atoms with Crippen LogP contribution >= 0.6 is 27.3 Å². The zero-order valence-corrected chi connectivity index (χ0v) is 19.6. The monoisotopic (exact) mass is 494 g/mol. The van der Waals surface area contributed by atoms with Gasteiger partial charge < -0.3 is 4.42 Å². The fraction of sp³-hybridized carbons (Fsp3) is 0.208. The van der Waals surface area contributed by atoms with Gasteiger partial charge >= 0.3 is 0 Å². The maximum Gasteiger partial charge on any atom is 0.297 e. The van der Waals surface area contributed by atoms with E-state index in [1.807, 2.05) is 17.5 Å². The van der Waals surface area contributed by atoms with Gasteiger partial charge in [0.15, 0.2) is 10.6 Å². The molecule has 1 amide bonds. The van der Waals surface area contributed by atoms with Gasteiger partial charge in [-0.05, 0) is 34.7 Å². The molecule has 0 fully saturated rings. The second-order valence-electron chi connectivity index (χ2n) is 8.58. The summed E-state index contributed by atoms with van der Waals surface area (Å²) in [6.45, 7) is 6.45. The SMILES string of the molecule is CC(C)(C)c1ccc([C@@H]2c3c(oc4ccc(Br)cc4c3=O)C(=O)N2c2nccs2)cc1. The van der Waals surface area contributed by atoms with Gasteiger partial charge in [-0.25, -0.2) is 4.98 Å². The smallest absolute Gasteiger partial charge is 0.297 e. The minimum Gasteiger partial charge on any atom is -0.450 e. The van der Waals surface area contributed by atoms with Crippen LogP contribution in [0, 0.1) is 0 Å². The van der Waals surface area contributed by atoms with Crippen molar-refractivity contribution in [3.8, 4) is 0 Å². The molecule has 1 atom stereocenters. The number of hydrogen-bond acceptors (Lipinski definition) is 5.